The molecule has 148 valence electrons. The van der Waals surface area contributed by atoms with Crippen molar-refractivity contribution in [3.8, 4) is 39.7 Å². The summed E-state index contributed by atoms with van der Waals surface area (Å²) in [5.41, 5.74) is 7.24. The number of hydrogen-bond donors (Lipinski definition) is 3. The Morgan fingerprint density at radius 2 is 1.71 bits per heavy atom. The van der Waals surface area contributed by atoms with Gasteiger partial charge in [-0.05, 0) is 30.3 Å². The molecule has 0 aliphatic heterocycles. The van der Waals surface area contributed by atoms with Crippen LogP contribution in [0.25, 0.3) is 56.0 Å². The molecule has 0 aliphatic carbocycles. The average Bonchev–Trinajstić information content (AvgIpc) is 3.43. The van der Waals surface area contributed by atoms with Gasteiger partial charge in [-0.15, -0.1) is 0 Å². The van der Waals surface area contributed by atoms with Gasteiger partial charge in [-0.3, -0.25) is 15.1 Å². The minimum atomic E-state index is 0.0898. The third kappa shape index (κ3) is 2.89. The Balaban J connectivity index is 1.51. The maximum atomic E-state index is 9.75. The van der Waals surface area contributed by atoms with E-state index in [1.807, 2.05) is 48.7 Å². The second-order valence-electron chi connectivity index (χ2n) is 7.13. The fraction of sp³-hybridized carbons (Fsp3) is 0. The number of fused-ring (bicyclic) bond motifs is 2. The fourth-order valence-electron chi connectivity index (χ4n) is 3.69. The van der Waals surface area contributed by atoms with Gasteiger partial charge in [-0.1, -0.05) is 18.2 Å². The van der Waals surface area contributed by atoms with E-state index in [4.69, 9.17) is 9.97 Å². The van der Waals surface area contributed by atoms with Crippen molar-refractivity contribution in [2.45, 2.75) is 0 Å². The number of para-hydroxylation sites is 1. The van der Waals surface area contributed by atoms with Crippen LogP contribution in [0, 0.1) is 0 Å². The predicted octanol–water partition coefficient (Wildman–Crippen LogP) is 4.33. The van der Waals surface area contributed by atoms with Gasteiger partial charge in [0.15, 0.2) is 11.5 Å². The summed E-state index contributed by atoms with van der Waals surface area (Å²) < 4.78 is 0. The summed E-state index contributed by atoms with van der Waals surface area (Å²) in [6, 6.07) is 15.3. The van der Waals surface area contributed by atoms with Crippen LogP contribution in [0.1, 0.15) is 0 Å². The molecular weight excluding hydrogens is 390 g/mol. The van der Waals surface area contributed by atoms with E-state index in [1.165, 1.54) is 6.20 Å². The lowest BCUT2D eigenvalue weighted by Crippen LogP contribution is -1.87. The lowest BCUT2D eigenvalue weighted by Gasteiger charge is -2.01. The summed E-state index contributed by atoms with van der Waals surface area (Å²) in [7, 11) is 0. The van der Waals surface area contributed by atoms with Crippen molar-refractivity contribution < 1.29 is 5.11 Å². The first-order chi connectivity index (χ1) is 15.3. The van der Waals surface area contributed by atoms with Crippen LogP contribution in [0.15, 0.2) is 73.3 Å². The molecule has 31 heavy (non-hydrogen) atoms. The molecule has 0 spiro atoms. The average molecular weight is 405 g/mol. The van der Waals surface area contributed by atoms with Gasteiger partial charge in [-0.25, -0.2) is 9.97 Å². The number of pyridine rings is 3. The highest BCUT2D eigenvalue weighted by Gasteiger charge is 2.17. The summed E-state index contributed by atoms with van der Waals surface area (Å²) in [5.74, 6) is 0.711. The van der Waals surface area contributed by atoms with E-state index in [1.54, 1.807) is 18.5 Å². The van der Waals surface area contributed by atoms with Gasteiger partial charge in [-0.2, -0.15) is 5.10 Å². The highest BCUT2D eigenvalue weighted by Crippen LogP contribution is 2.31. The van der Waals surface area contributed by atoms with E-state index < -0.39 is 0 Å². The van der Waals surface area contributed by atoms with Gasteiger partial charge < -0.3 is 10.1 Å². The molecule has 8 heteroatoms. The highest BCUT2D eigenvalue weighted by atomic mass is 16.3. The minimum absolute atomic E-state index is 0.0898. The number of imidazole rings is 1. The number of H-pyrrole nitrogens is 2. The summed E-state index contributed by atoms with van der Waals surface area (Å²) in [6.45, 7) is 0. The molecule has 0 amide bonds. The zero-order chi connectivity index (χ0) is 20.8. The van der Waals surface area contributed by atoms with Crippen LogP contribution >= 0.6 is 0 Å². The van der Waals surface area contributed by atoms with E-state index in [9.17, 15) is 5.11 Å². The first kappa shape index (κ1) is 17.3. The molecule has 0 saturated heterocycles. The second kappa shape index (κ2) is 6.74. The molecule has 0 fully saturated rings. The Bertz CT molecular complexity index is 1550. The van der Waals surface area contributed by atoms with E-state index >= 15 is 0 Å². The Labute approximate surface area is 175 Å². The number of nitrogens with zero attached hydrogens (tertiary/aromatic N) is 5. The van der Waals surface area contributed by atoms with Crippen molar-refractivity contribution in [3.05, 3.63) is 73.3 Å². The number of rotatable bonds is 3. The van der Waals surface area contributed by atoms with Crippen molar-refractivity contribution in [1.29, 1.82) is 0 Å². The molecule has 0 radical (unpaired) electrons. The number of aromatic nitrogens is 7. The van der Waals surface area contributed by atoms with E-state index in [2.05, 4.69) is 25.1 Å². The Morgan fingerprint density at radius 1 is 0.774 bits per heavy atom. The smallest absolute Gasteiger partial charge is 0.161 e. The standard InChI is InChI=1S/C23H15N7O/c31-15-9-14(11-25-12-15)17-6-7-19-21(26-17)22(30-29-19)23-27-18-5-1-4-16(20(18)28-23)13-3-2-8-24-10-13/h1-12,31H,(H,27,28)(H,29,30). The summed E-state index contributed by atoms with van der Waals surface area (Å²) in [4.78, 5) is 21.2. The van der Waals surface area contributed by atoms with Crippen LogP contribution in [0.3, 0.4) is 0 Å². The highest BCUT2D eigenvalue weighted by molar-refractivity contribution is 5.96. The third-order valence-electron chi connectivity index (χ3n) is 5.14. The third-order valence-corrected chi connectivity index (χ3v) is 5.14. The number of nitrogens with one attached hydrogen (secondary N) is 2. The molecule has 6 aromatic rings. The molecular formula is C23H15N7O. The Kier molecular flexibility index (Phi) is 3.76. The van der Waals surface area contributed by atoms with E-state index in [0.29, 0.717) is 22.7 Å². The van der Waals surface area contributed by atoms with Crippen molar-refractivity contribution >= 4 is 22.1 Å². The Morgan fingerprint density at radius 3 is 2.58 bits per heavy atom. The molecule has 3 N–H and O–H groups in total. The second-order valence-corrected chi connectivity index (χ2v) is 7.13. The zero-order valence-electron chi connectivity index (χ0n) is 16.1. The molecule has 5 heterocycles. The van der Waals surface area contributed by atoms with E-state index in [-0.39, 0.29) is 5.75 Å². The van der Waals surface area contributed by atoms with Gasteiger partial charge in [0.2, 0.25) is 0 Å². The normalized spacial score (nSPS) is 11.4. The number of aromatic amines is 2. The zero-order valence-corrected chi connectivity index (χ0v) is 16.1. The Hall–Kier alpha value is -4.59. The topological polar surface area (TPSA) is 116 Å². The van der Waals surface area contributed by atoms with Crippen LogP contribution in [0.2, 0.25) is 0 Å². The molecule has 0 saturated carbocycles. The summed E-state index contributed by atoms with van der Waals surface area (Å²) >= 11 is 0. The lowest BCUT2D eigenvalue weighted by molar-refractivity contribution is 0.473. The maximum Gasteiger partial charge on any atom is 0.161 e. The predicted molar refractivity (Wildman–Crippen MR) is 117 cm³/mol. The fourth-order valence-corrected chi connectivity index (χ4v) is 3.69. The SMILES string of the molecule is Oc1cncc(-c2ccc3[nH]nc(-c4nc5c(-c6cccnc6)cccc5[nH]4)c3n2)c1. The van der Waals surface area contributed by atoms with Crippen LogP contribution in [-0.4, -0.2) is 40.2 Å². The lowest BCUT2D eigenvalue weighted by atomic mass is 10.1. The molecule has 5 aromatic heterocycles. The van der Waals surface area contributed by atoms with Crippen molar-refractivity contribution in [1.82, 2.24) is 35.1 Å². The van der Waals surface area contributed by atoms with Crippen molar-refractivity contribution in [2.24, 2.45) is 0 Å². The van der Waals surface area contributed by atoms with Crippen molar-refractivity contribution in [3.63, 3.8) is 0 Å². The molecule has 6 rings (SSSR count). The largest absolute Gasteiger partial charge is 0.506 e. The maximum absolute atomic E-state index is 9.75. The van der Waals surface area contributed by atoms with Gasteiger partial charge in [0.1, 0.15) is 11.3 Å². The van der Waals surface area contributed by atoms with Gasteiger partial charge >= 0.3 is 0 Å². The molecule has 0 bridgehead atoms. The van der Waals surface area contributed by atoms with E-state index in [0.717, 1.165) is 33.2 Å². The van der Waals surface area contributed by atoms with Crippen LogP contribution in [-0.2, 0) is 0 Å². The van der Waals surface area contributed by atoms with Crippen LogP contribution in [0.5, 0.6) is 5.75 Å². The number of aromatic hydroxyl groups is 1. The molecule has 0 aliphatic rings. The summed E-state index contributed by atoms with van der Waals surface area (Å²) in [5, 5.41) is 17.2. The van der Waals surface area contributed by atoms with Crippen LogP contribution < -0.4 is 0 Å². The van der Waals surface area contributed by atoms with Gasteiger partial charge in [0.25, 0.3) is 0 Å². The molecule has 8 nitrogen and oxygen atoms in total. The number of benzene rings is 1. The van der Waals surface area contributed by atoms with Crippen molar-refractivity contribution in [2.75, 3.05) is 0 Å². The monoisotopic (exact) mass is 405 g/mol. The quantitative estimate of drug-likeness (QED) is 0.403. The van der Waals surface area contributed by atoms with Gasteiger partial charge in [0, 0.05) is 35.3 Å². The molecule has 1 aromatic carbocycles. The molecule has 0 unspecified atom stereocenters. The van der Waals surface area contributed by atoms with Crippen LogP contribution in [0.4, 0.5) is 0 Å². The number of hydrogen-bond acceptors (Lipinski definition) is 6. The minimum Gasteiger partial charge on any atom is -0.506 e. The summed E-state index contributed by atoms with van der Waals surface area (Å²) in [6.07, 6.45) is 6.62. The first-order valence-electron chi connectivity index (χ1n) is 9.65. The van der Waals surface area contributed by atoms with Gasteiger partial charge in [0.05, 0.1) is 28.4 Å². The first-order valence-corrected chi connectivity index (χ1v) is 9.65. The molecule has 0 atom stereocenters.